The van der Waals surface area contributed by atoms with Crippen molar-refractivity contribution in [3.63, 3.8) is 0 Å². The topological polar surface area (TPSA) is 107 Å². The first kappa shape index (κ1) is 20.0. The molecule has 0 saturated heterocycles. The Morgan fingerprint density at radius 2 is 1.65 bits per heavy atom. The molecule has 0 unspecified atom stereocenters. The van der Waals surface area contributed by atoms with E-state index >= 15 is 0 Å². The lowest BCUT2D eigenvalue weighted by Crippen LogP contribution is -2.27. The molecule has 0 atom stereocenters. The highest BCUT2D eigenvalue weighted by atomic mass is 16.5. The molecule has 0 saturated carbocycles. The van der Waals surface area contributed by atoms with Crippen LogP contribution in [-0.2, 0) is 0 Å². The average molecular weight is 415 g/mol. The van der Waals surface area contributed by atoms with E-state index in [0.717, 1.165) is 5.39 Å². The Morgan fingerprint density at radius 1 is 0.903 bits per heavy atom. The Balaban J connectivity index is 1.25. The predicted octanol–water partition coefficient (Wildman–Crippen LogP) is 4.08. The Hall–Kier alpha value is -4.26. The molecule has 4 rings (SSSR count). The van der Waals surface area contributed by atoms with Gasteiger partial charge in [0, 0.05) is 10.9 Å². The molecule has 0 fully saturated rings. The van der Waals surface area contributed by atoms with Crippen LogP contribution in [0.3, 0.4) is 0 Å². The number of ether oxygens (including phenoxy) is 1. The summed E-state index contributed by atoms with van der Waals surface area (Å²) in [5.74, 6) is 0.291. The van der Waals surface area contributed by atoms with Crippen molar-refractivity contribution >= 4 is 34.2 Å². The maximum Gasteiger partial charge on any atom is 0.287 e. The largest absolute Gasteiger partial charge is 0.492 e. The van der Waals surface area contributed by atoms with Crippen LogP contribution in [0.25, 0.3) is 11.0 Å². The maximum atomic E-state index is 12.3. The zero-order valence-corrected chi connectivity index (χ0v) is 16.6. The average Bonchev–Trinajstić information content (AvgIpc) is 3.23. The van der Waals surface area contributed by atoms with Crippen molar-refractivity contribution < 1.29 is 18.7 Å². The molecule has 0 radical (unpaired) electrons. The minimum Gasteiger partial charge on any atom is -0.492 e. The number of amides is 2. The third kappa shape index (κ3) is 4.84. The van der Waals surface area contributed by atoms with Crippen LogP contribution in [0.4, 0.5) is 11.4 Å². The summed E-state index contributed by atoms with van der Waals surface area (Å²) >= 11 is 0. The summed E-state index contributed by atoms with van der Waals surface area (Å²) in [6, 6.07) is 22.9. The summed E-state index contributed by atoms with van der Waals surface area (Å²) < 4.78 is 11.2. The number of nitrogens with two attached hydrogens (primary N) is 1. The van der Waals surface area contributed by atoms with Gasteiger partial charge in [-0.25, -0.2) is 0 Å². The quantitative estimate of drug-likeness (QED) is 0.312. The van der Waals surface area contributed by atoms with Crippen molar-refractivity contribution in [2.45, 2.75) is 0 Å². The fourth-order valence-electron chi connectivity index (χ4n) is 3.02. The van der Waals surface area contributed by atoms with E-state index in [1.54, 1.807) is 54.6 Å². The van der Waals surface area contributed by atoms with E-state index in [2.05, 4.69) is 10.6 Å². The SMILES string of the molecule is Nc1ccccc1NC(=O)c1ccc(OCCNC(=O)c2cc3ccccc3o2)cc1. The van der Waals surface area contributed by atoms with Crippen molar-refractivity contribution in [1.82, 2.24) is 5.32 Å². The Bertz CT molecular complexity index is 1180. The number of carbonyl (C=O) groups excluding carboxylic acids is 2. The van der Waals surface area contributed by atoms with Gasteiger partial charge in [0.25, 0.3) is 11.8 Å². The molecular weight excluding hydrogens is 394 g/mol. The van der Waals surface area contributed by atoms with Crippen molar-refractivity contribution in [2.24, 2.45) is 0 Å². The molecule has 4 N–H and O–H groups in total. The number of hydrogen-bond acceptors (Lipinski definition) is 5. The van der Waals surface area contributed by atoms with Gasteiger partial charge in [0.2, 0.25) is 0 Å². The summed E-state index contributed by atoms with van der Waals surface area (Å²) in [6.07, 6.45) is 0. The number of para-hydroxylation sites is 3. The Morgan fingerprint density at radius 3 is 2.42 bits per heavy atom. The summed E-state index contributed by atoms with van der Waals surface area (Å²) in [6.45, 7) is 0.587. The second kappa shape index (κ2) is 9.04. The van der Waals surface area contributed by atoms with E-state index in [4.69, 9.17) is 14.9 Å². The molecule has 1 aromatic heterocycles. The van der Waals surface area contributed by atoms with Gasteiger partial charge in [-0.1, -0.05) is 30.3 Å². The van der Waals surface area contributed by atoms with Crippen molar-refractivity contribution in [3.8, 4) is 5.75 Å². The van der Waals surface area contributed by atoms with Crippen LogP contribution in [0, 0.1) is 0 Å². The molecule has 0 aliphatic rings. The molecule has 156 valence electrons. The number of hydrogen-bond donors (Lipinski definition) is 3. The minimum atomic E-state index is -0.299. The molecule has 7 heteroatoms. The normalized spacial score (nSPS) is 10.6. The van der Waals surface area contributed by atoms with E-state index in [0.29, 0.717) is 34.8 Å². The number of rotatable bonds is 7. The van der Waals surface area contributed by atoms with Gasteiger partial charge in [-0.05, 0) is 48.5 Å². The molecule has 3 aromatic carbocycles. The fraction of sp³-hybridized carbons (Fsp3) is 0.0833. The van der Waals surface area contributed by atoms with E-state index < -0.39 is 0 Å². The molecule has 0 aliphatic heterocycles. The first-order valence-electron chi connectivity index (χ1n) is 9.75. The van der Waals surface area contributed by atoms with Crippen LogP contribution in [0.5, 0.6) is 5.75 Å². The second-order valence-corrected chi connectivity index (χ2v) is 6.82. The van der Waals surface area contributed by atoms with Crippen molar-refractivity contribution in [1.29, 1.82) is 0 Å². The van der Waals surface area contributed by atoms with Gasteiger partial charge < -0.3 is 25.5 Å². The Kier molecular flexibility index (Phi) is 5.84. The highest BCUT2D eigenvalue weighted by Crippen LogP contribution is 2.20. The lowest BCUT2D eigenvalue weighted by atomic mass is 10.2. The van der Waals surface area contributed by atoms with Crippen molar-refractivity contribution in [3.05, 3.63) is 90.2 Å². The minimum absolute atomic E-state index is 0.260. The lowest BCUT2D eigenvalue weighted by molar-refractivity contribution is 0.0921. The van der Waals surface area contributed by atoms with Gasteiger partial charge in [-0.15, -0.1) is 0 Å². The maximum absolute atomic E-state index is 12.3. The molecule has 31 heavy (non-hydrogen) atoms. The Labute approximate surface area is 178 Å². The predicted molar refractivity (Wildman–Crippen MR) is 119 cm³/mol. The standard InChI is InChI=1S/C24H21N3O4/c25-19-6-2-3-7-20(19)27-23(28)16-9-11-18(12-10-16)30-14-13-26-24(29)22-15-17-5-1-4-8-21(17)31-22/h1-12,15H,13-14,25H2,(H,26,29)(H,27,28). The molecule has 2 amide bonds. The highest BCUT2D eigenvalue weighted by Gasteiger charge is 2.11. The first-order valence-corrected chi connectivity index (χ1v) is 9.75. The van der Waals surface area contributed by atoms with Gasteiger partial charge in [0.1, 0.15) is 17.9 Å². The molecule has 4 aromatic rings. The van der Waals surface area contributed by atoms with Crippen LogP contribution < -0.4 is 21.1 Å². The molecule has 0 aliphatic carbocycles. The van der Waals surface area contributed by atoms with Gasteiger partial charge in [0.15, 0.2) is 5.76 Å². The summed E-state index contributed by atoms with van der Waals surface area (Å²) in [4.78, 5) is 24.6. The monoisotopic (exact) mass is 415 g/mol. The molecule has 1 heterocycles. The number of benzene rings is 3. The third-order valence-electron chi connectivity index (χ3n) is 4.63. The van der Waals surface area contributed by atoms with Crippen LogP contribution in [0.15, 0.2) is 83.3 Å². The highest BCUT2D eigenvalue weighted by molar-refractivity contribution is 6.05. The van der Waals surface area contributed by atoms with Crippen LogP contribution >= 0.6 is 0 Å². The summed E-state index contributed by atoms with van der Waals surface area (Å²) in [5.41, 5.74) is 8.06. The molecule has 7 nitrogen and oxygen atoms in total. The lowest BCUT2D eigenvalue weighted by Gasteiger charge is -2.09. The van der Waals surface area contributed by atoms with E-state index in [1.165, 1.54) is 0 Å². The number of furan rings is 1. The number of anilines is 2. The van der Waals surface area contributed by atoms with Crippen LogP contribution in [0.2, 0.25) is 0 Å². The van der Waals surface area contributed by atoms with Gasteiger partial charge in [-0.3, -0.25) is 9.59 Å². The van der Waals surface area contributed by atoms with Crippen LogP contribution in [-0.4, -0.2) is 25.0 Å². The smallest absolute Gasteiger partial charge is 0.287 e. The second-order valence-electron chi connectivity index (χ2n) is 6.82. The van der Waals surface area contributed by atoms with E-state index in [-0.39, 0.29) is 24.2 Å². The number of fused-ring (bicyclic) bond motifs is 1. The number of nitrogen functional groups attached to an aromatic ring is 1. The molecular formula is C24H21N3O4. The summed E-state index contributed by atoms with van der Waals surface area (Å²) in [5, 5.41) is 6.41. The van der Waals surface area contributed by atoms with Gasteiger partial charge >= 0.3 is 0 Å². The van der Waals surface area contributed by atoms with Crippen LogP contribution in [0.1, 0.15) is 20.9 Å². The third-order valence-corrected chi connectivity index (χ3v) is 4.63. The number of carbonyl (C=O) groups is 2. The van der Waals surface area contributed by atoms with E-state index in [9.17, 15) is 9.59 Å². The zero-order chi connectivity index (χ0) is 21.6. The summed E-state index contributed by atoms with van der Waals surface area (Å²) in [7, 11) is 0. The first-order chi connectivity index (χ1) is 15.1. The molecule has 0 bridgehead atoms. The van der Waals surface area contributed by atoms with Gasteiger partial charge in [0.05, 0.1) is 17.9 Å². The van der Waals surface area contributed by atoms with Gasteiger partial charge in [-0.2, -0.15) is 0 Å². The zero-order valence-electron chi connectivity index (χ0n) is 16.6. The van der Waals surface area contributed by atoms with E-state index in [1.807, 2.05) is 24.3 Å². The molecule has 0 spiro atoms. The number of nitrogens with one attached hydrogen (secondary N) is 2. The fourth-order valence-corrected chi connectivity index (χ4v) is 3.02. The van der Waals surface area contributed by atoms with Crippen molar-refractivity contribution in [2.75, 3.05) is 24.2 Å².